The monoisotopic (exact) mass is 860 g/mol. The number of hydrogen-bond donors (Lipinski definition) is 3. The average molecular weight is 860 g/mol. The number of carboxylic acids is 1. The molecule has 11 heteroatoms. The van der Waals surface area contributed by atoms with Crippen molar-refractivity contribution in [1.82, 2.24) is 0 Å². The molecule has 60 heavy (non-hydrogen) atoms. The highest BCUT2D eigenvalue weighted by atomic mass is 31.2. The van der Waals surface area contributed by atoms with E-state index in [9.17, 15) is 19.0 Å². The van der Waals surface area contributed by atoms with Crippen LogP contribution in [0.4, 0.5) is 0 Å². The van der Waals surface area contributed by atoms with Gasteiger partial charge in [-0.25, -0.2) is 4.57 Å². The first-order valence-corrected chi connectivity index (χ1v) is 24.3. The van der Waals surface area contributed by atoms with Crippen molar-refractivity contribution in [3.8, 4) is 0 Å². The highest BCUT2D eigenvalue weighted by molar-refractivity contribution is 7.47. The third-order valence-corrected chi connectivity index (χ3v) is 10.0. The quantitative estimate of drug-likeness (QED) is 0.0234. The minimum Gasteiger partial charge on any atom is -0.480 e. The molecule has 4 N–H and O–H groups in total. The Morgan fingerprint density at radius 3 is 1.47 bits per heavy atom. The first kappa shape index (κ1) is 56.9. The molecule has 0 aliphatic heterocycles. The Morgan fingerprint density at radius 1 is 0.550 bits per heavy atom. The number of carbonyl (C=O) groups excluding carboxylic acids is 1. The summed E-state index contributed by atoms with van der Waals surface area (Å²) in [4.78, 5) is 33.6. The zero-order valence-corrected chi connectivity index (χ0v) is 38.2. The summed E-state index contributed by atoms with van der Waals surface area (Å²) in [5.74, 6) is -1.85. The van der Waals surface area contributed by atoms with Gasteiger partial charge in [-0.3, -0.25) is 18.6 Å². The Hall–Kier alpha value is -3.11. The molecule has 0 radical (unpaired) electrons. The molecule has 0 saturated carbocycles. The number of aliphatic carboxylic acids is 1. The fourth-order valence-corrected chi connectivity index (χ4v) is 6.36. The summed E-state index contributed by atoms with van der Waals surface area (Å²) < 4.78 is 33.3. The normalized spacial score (nSPS) is 14.7. The number of unbranched alkanes of at least 4 members (excludes halogenated alkanes) is 12. The van der Waals surface area contributed by atoms with Gasteiger partial charge in [0.05, 0.1) is 19.8 Å². The van der Waals surface area contributed by atoms with Gasteiger partial charge in [0, 0.05) is 13.0 Å². The van der Waals surface area contributed by atoms with Crippen LogP contribution in [0.25, 0.3) is 0 Å². The number of carbonyl (C=O) groups is 2. The number of carboxylic acid groups (broad SMARTS) is 1. The number of esters is 1. The van der Waals surface area contributed by atoms with E-state index in [1.807, 2.05) is 6.08 Å². The predicted molar refractivity (Wildman–Crippen MR) is 249 cm³/mol. The van der Waals surface area contributed by atoms with Gasteiger partial charge >= 0.3 is 19.8 Å². The summed E-state index contributed by atoms with van der Waals surface area (Å²) in [5, 5.41) is 8.90. The van der Waals surface area contributed by atoms with Crippen LogP contribution in [0, 0.1) is 0 Å². The summed E-state index contributed by atoms with van der Waals surface area (Å²) in [6.07, 6.45) is 57.5. The average Bonchev–Trinajstić information content (AvgIpc) is 3.23. The molecule has 0 fully saturated rings. The number of phosphoric ester groups is 1. The number of hydrogen-bond acceptors (Lipinski definition) is 8. The molecular formula is C49H82NO9P. The van der Waals surface area contributed by atoms with Crippen molar-refractivity contribution in [3.05, 3.63) is 97.2 Å². The van der Waals surface area contributed by atoms with E-state index < -0.39 is 45.1 Å². The lowest BCUT2D eigenvalue weighted by Gasteiger charge is -2.20. The van der Waals surface area contributed by atoms with E-state index in [1.165, 1.54) is 57.8 Å². The zero-order valence-electron chi connectivity index (χ0n) is 37.3. The van der Waals surface area contributed by atoms with Crippen LogP contribution in [0.2, 0.25) is 0 Å². The molecule has 0 heterocycles. The number of phosphoric acid groups is 1. The molecule has 0 saturated heterocycles. The minimum atomic E-state index is -4.64. The highest BCUT2D eigenvalue weighted by Crippen LogP contribution is 2.43. The maximum Gasteiger partial charge on any atom is 0.472 e. The molecule has 0 rings (SSSR count). The van der Waals surface area contributed by atoms with Crippen LogP contribution in [0.5, 0.6) is 0 Å². The van der Waals surface area contributed by atoms with Crippen LogP contribution >= 0.6 is 7.82 Å². The van der Waals surface area contributed by atoms with Gasteiger partial charge in [0.2, 0.25) is 0 Å². The Labute approximate surface area is 364 Å². The summed E-state index contributed by atoms with van der Waals surface area (Å²) in [6.45, 7) is 3.65. The van der Waals surface area contributed by atoms with Crippen LogP contribution in [-0.2, 0) is 32.7 Å². The van der Waals surface area contributed by atoms with Crippen LogP contribution in [0.3, 0.4) is 0 Å². The SMILES string of the molecule is CC/C=C\C/C=C\C/C=C\C/C=C\C/C=C\C/C=C\C/C=C\CCCC(=O)OC(COCCCCCCCC/C=C\CCCCCCC)COP(=O)(O)OCC(N)C(=O)O. The van der Waals surface area contributed by atoms with Gasteiger partial charge in [0.15, 0.2) is 0 Å². The molecule has 3 atom stereocenters. The van der Waals surface area contributed by atoms with Crippen LogP contribution in [-0.4, -0.2) is 60.5 Å². The van der Waals surface area contributed by atoms with E-state index in [1.54, 1.807) is 0 Å². The number of ether oxygens (including phenoxy) is 2. The number of rotatable bonds is 42. The second-order valence-electron chi connectivity index (χ2n) is 14.8. The standard InChI is InChI=1S/C49H82NO9P/c1-3-5-7-9-11-13-15-17-19-20-21-22-23-24-25-26-27-29-31-33-35-37-39-41-48(51)59-46(44-57-60(54,55)58-45-47(50)49(52)53)43-56-42-40-38-36-34-32-30-28-18-16-14-12-10-8-6-4-2/h5,7,11,13,16-19,21-22,24-25,27,29,33,35,46-47H,3-4,6,8-10,12,14-15,20,23,26,28,30-32,34,36-45,50H2,1-2H3,(H,52,53)(H,54,55)/b7-5-,13-11-,18-16-,19-17-,22-21-,25-24-,29-27-,35-33-. The van der Waals surface area contributed by atoms with Gasteiger partial charge in [-0.15, -0.1) is 0 Å². The molecule has 0 amide bonds. The number of nitrogens with two attached hydrogens (primary N) is 1. The lowest BCUT2D eigenvalue weighted by molar-refractivity contribution is -0.154. The maximum absolute atomic E-state index is 12.6. The van der Waals surface area contributed by atoms with Crippen LogP contribution in [0.15, 0.2) is 97.2 Å². The minimum absolute atomic E-state index is 0.0167. The van der Waals surface area contributed by atoms with Gasteiger partial charge in [-0.1, -0.05) is 162 Å². The van der Waals surface area contributed by atoms with Crippen LogP contribution in [0.1, 0.15) is 162 Å². The lowest BCUT2D eigenvalue weighted by Crippen LogP contribution is -2.34. The van der Waals surface area contributed by atoms with Gasteiger partial charge in [-0.2, -0.15) is 0 Å². The van der Waals surface area contributed by atoms with Crippen LogP contribution < -0.4 is 5.73 Å². The predicted octanol–water partition coefficient (Wildman–Crippen LogP) is 12.9. The molecule has 342 valence electrons. The van der Waals surface area contributed by atoms with E-state index in [0.29, 0.717) is 19.4 Å². The Kier molecular flexibility index (Phi) is 41.7. The third-order valence-electron chi connectivity index (χ3n) is 9.10. The molecule has 0 aliphatic carbocycles. The van der Waals surface area contributed by atoms with Crippen molar-refractivity contribution in [3.63, 3.8) is 0 Å². The van der Waals surface area contributed by atoms with E-state index in [0.717, 1.165) is 70.6 Å². The Balaban J connectivity index is 4.37. The fraction of sp³-hybridized carbons (Fsp3) is 0.633. The van der Waals surface area contributed by atoms with Crippen molar-refractivity contribution in [2.24, 2.45) is 5.73 Å². The van der Waals surface area contributed by atoms with Crippen molar-refractivity contribution >= 4 is 19.8 Å². The summed E-state index contributed by atoms with van der Waals surface area (Å²) >= 11 is 0. The largest absolute Gasteiger partial charge is 0.480 e. The fourth-order valence-electron chi connectivity index (χ4n) is 5.59. The van der Waals surface area contributed by atoms with Crippen molar-refractivity contribution in [2.45, 2.75) is 174 Å². The zero-order chi connectivity index (χ0) is 44.0. The molecule has 10 nitrogen and oxygen atoms in total. The first-order valence-electron chi connectivity index (χ1n) is 22.8. The van der Waals surface area contributed by atoms with Gasteiger partial charge < -0.3 is 25.2 Å². The molecule has 0 aromatic rings. The third kappa shape index (κ3) is 43.0. The second kappa shape index (κ2) is 44.0. The van der Waals surface area contributed by atoms with E-state index in [4.69, 9.17) is 29.4 Å². The van der Waals surface area contributed by atoms with Gasteiger partial charge in [0.25, 0.3) is 0 Å². The summed E-state index contributed by atoms with van der Waals surface area (Å²) in [5.41, 5.74) is 5.35. The van der Waals surface area contributed by atoms with Gasteiger partial charge in [-0.05, 0) is 89.9 Å². The summed E-state index contributed by atoms with van der Waals surface area (Å²) in [7, 11) is -4.64. The van der Waals surface area contributed by atoms with Crippen molar-refractivity contribution in [2.75, 3.05) is 26.4 Å². The highest BCUT2D eigenvalue weighted by Gasteiger charge is 2.27. The van der Waals surface area contributed by atoms with Crippen molar-refractivity contribution in [1.29, 1.82) is 0 Å². The second-order valence-corrected chi connectivity index (χ2v) is 16.2. The van der Waals surface area contributed by atoms with Gasteiger partial charge in [0.1, 0.15) is 12.1 Å². The maximum atomic E-state index is 12.6. The molecule has 0 aliphatic rings. The van der Waals surface area contributed by atoms with Crippen molar-refractivity contribution < 1.29 is 42.7 Å². The smallest absolute Gasteiger partial charge is 0.472 e. The van der Waals surface area contributed by atoms with E-state index in [2.05, 4.69) is 105 Å². The topological polar surface area (TPSA) is 155 Å². The molecule has 0 aromatic heterocycles. The molecular weight excluding hydrogens is 778 g/mol. The molecule has 0 aromatic carbocycles. The first-order chi connectivity index (χ1) is 29.2. The Morgan fingerprint density at radius 2 is 0.967 bits per heavy atom. The summed E-state index contributed by atoms with van der Waals surface area (Å²) in [6, 6.07) is -1.49. The Bertz CT molecular complexity index is 1320. The van der Waals surface area contributed by atoms with E-state index >= 15 is 0 Å². The lowest BCUT2D eigenvalue weighted by atomic mass is 10.1. The number of allylic oxidation sites excluding steroid dienone is 16. The molecule has 3 unspecified atom stereocenters. The molecule has 0 spiro atoms. The molecule has 0 bridgehead atoms. The van der Waals surface area contributed by atoms with E-state index in [-0.39, 0.29) is 13.0 Å².